The van der Waals surface area contributed by atoms with Crippen molar-refractivity contribution < 1.29 is 19.5 Å². The summed E-state index contributed by atoms with van der Waals surface area (Å²) in [6.45, 7) is 2.20. The van der Waals surface area contributed by atoms with Crippen LogP contribution in [-0.4, -0.2) is 84.0 Å². The van der Waals surface area contributed by atoms with E-state index in [1.807, 2.05) is 47.8 Å². The molecule has 1 aromatic carbocycles. The number of aromatic nitrogens is 1. The molecule has 0 unspecified atom stereocenters. The third kappa shape index (κ3) is 11.1. The third-order valence-electron chi connectivity index (χ3n) is 6.04. The van der Waals surface area contributed by atoms with Gasteiger partial charge in [-0.3, -0.25) is 14.4 Å². The van der Waals surface area contributed by atoms with Crippen molar-refractivity contribution in [2.75, 3.05) is 45.6 Å². The van der Waals surface area contributed by atoms with Gasteiger partial charge in [0.05, 0.1) is 21.5 Å². The molecule has 1 aliphatic heterocycles. The molecule has 0 radical (unpaired) electrons. The lowest BCUT2D eigenvalue weighted by Gasteiger charge is -2.23. The average molecular weight is 679 g/mol. The molecule has 1 atom stereocenters. The maximum absolute atomic E-state index is 12.4. The highest BCUT2D eigenvalue weighted by molar-refractivity contribution is 14.1. The van der Waals surface area contributed by atoms with Gasteiger partial charge in [0.2, 0.25) is 11.8 Å². The van der Waals surface area contributed by atoms with Crippen LogP contribution in [0.3, 0.4) is 0 Å². The van der Waals surface area contributed by atoms with E-state index in [1.165, 1.54) is 6.20 Å². The summed E-state index contributed by atoms with van der Waals surface area (Å²) in [7, 11) is 3.86. The molecule has 0 aliphatic carbocycles. The van der Waals surface area contributed by atoms with Gasteiger partial charge in [0.1, 0.15) is 11.4 Å². The van der Waals surface area contributed by atoms with Gasteiger partial charge in [0, 0.05) is 32.6 Å². The fraction of sp³-hybridized carbons (Fsp3) is 0.407. The first-order valence-electron chi connectivity index (χ1n) is 13.2. The van der Waals surface area contributed by atoms with Crippen LogP contribution < -0.4 is 27.2 Å². The number of likely N-dealkylation sites (N-methyl/N-ethyl adjacent to an activating group) is 1. The summed E-state index contributed by atoms with van der Waals surface area (Å²) in [6, 6.07) is 7.68. The largest absolute Gasteiger partial charge is 0.606 e. The number of nitrogens with two attached hydrogens (primary N) is 1. The Kier molecular flexibility index (Phi) is 12.6. The molecule has 0 fully saturated rings. The van der Waals surface area contributed by atoms with E-state index >= 15 is 0 Å². The average Bonchev–Trinajstić information content (AvgIpc) is 3.38. The molecule has 0 bridgehead atoms. The second kappa shape index (κ2) is 16.1. The first kappa shape index (κ1) is 32.0. The normalized spacial score (nSPS) is 13.4. The van der Waals surface area contributed by atoms with E-state index in [1.54, 1.807) is 35.3 Å². The van der Waals surface area contributed by atoms with Crippen molar-refractivity contribution in [1.29, 1.82) is 0 Å². The molecular formula is C27H37IN9O4-. The van der Waals surface area contributed by atoms with E-state index in [9.17, 15) is 19.5 Å². The quantitative estimate of drug-likeness (QED) is 0.152. The number of hydrogen-bond acceptors (Lipinski definition) is 9. The number of carbonyl (C=O) groups is 3. The van der Waals surface area contributed by atoms with Gasteiger partial charge in [-0.25, -0.2) is 4.98 Å². The zero-order valence-electron chi connectivity index (χ0n) is 23.2. The number of nitrogens with one attached hydrogen (secondary N) is 4. The first-order chi connectivity index (χ1) is 19.6. The maximum atomic E-state index is 12.4. The minimum Gasteiger partial charge on any atom is -0.606 e. The second-order valence-corrected chi connectivity index (χ2v) is 11.0. The van der Waals surface area contributed by atoms with E-state index in [-0.39, 0.29) is 23.5 Å². The van der Waals surface area contributed by atoms with E-state index < -0.39 is 6.04 Å². The van der Waals surface area contributed by atoms with Crippen molar-refractivity contribution in [3.63, 3.8) is 0 Å². The van der Waals surface area contributed by atoms with Crippen LogP contribution >= 0.6 is 22.6 Å². The molecule has 2 heterocycles. The summed E-state index contributed by atoms with van der Waals surface area (Å²) in [5.74, 6) is -0.469. The summed E-state index contributed by atoms with van der Waals surface area (Å²) in [4.78, 5) is 42.9. The number of phenols is 1. The van der Waals surface area contributed by atoms with Crippen molar-refractivity contribution >= 4 is 46.0 Å². The molecule has 3 rings (SSSR count). The molecule has 3 amide bonds. The zero-order chi connectivity index (χ0) is 29.8. The summed E-state index contributed by atoms with van der Waals surface area (Å²) in [5, 5.41) is 19.8. The smallest absolute Gasteiger partial charge is 0.269 e. The van der Waals surface area contributed by atoms with Crippen LogP contribution in [0.15, 0.2) is 48.4 Å². The number of halogens is 1. The number of hydrazine groups is 1. The summed E-state index contributed by atoms with van der Waals surface area (Å²) < 4.78 is 0.709. The monoisotopic (exact) mass is 678 g/mol. The number of benzene rings is 1. The molecular weight excluding hydrogens is 641 g/mol. The maximum Gasteiger partial charge on any atom is 0.269 e. The standard InChI is InChI=1S/C27H38IN9O4/c1-36(2)13-11-31-27(41)23-7-6-19(16-32-23)33-25(39)4-3-12-37-17-20(34-35-37)9-10-30-26(40)22(29)15-18-5-8-24(38)21(28)14-18/h5-8,14,16-17,22H,3-4,9-13,15,29H2,1-2H3,(H6,30,31,32,33,34,35,38,39,40,41)/p-1/t22-/m0/s1. The number of anilines is 1. The Morgan fingerprint density at radius 1 is 1.20 bits per heavy atom. The Hall–Kier alpha value is -3.47. The van der Waals surface area contributed by atoms with Gasteiger partial charge in [-0.1, -0.05) is 6.07 Å². The number of aromatic hydroxyl groups is 1. The topological polar surface area (TPSA) is 179 Å². The Morgan fingerprint density at radius 3 is 2.71 bits per heavy atom. The highest BCUT2D eigenvalue weighted by Crippen LogP contribution is 2.21. The number of nitrogens with zero attached hydrogens (tertiary/aromatic N) is 4. The van der Waals surface area contributed by atoms with Crippen molar-refractivity contribution in [1.82, 2.24) is 31.1 Å². The molecule has 0 saturated heterocycles. The molecule has 41 heavy (non-hydrogen) atoms. The second-order valence-electron chi connectivity index (χ2n) is 9.81. The lowest BCUT2D eigenvalue weighted by Crippen LogP contribution is -2.42. The zero-order valence-corrected chi connectivity index (χ0v) is 25.3. The Bertz CT molecular complexity index is 1220. The Morgan fingerprint density at radius 2 is 2.00 bits per heavy atom. The van der Waals surface area contributed by atoms with Gasteiger partial charge < -0.3 is 47.7 Å². The van der Waals surface area contributed by atoms with Crippen LogP contribution in [0.2, 0.25) is 0 Å². The predicted octanol–water partition coefficient (Wildman–Crippen LogP) is 1.43. The molecule has 222 valence electrons. The summed E-state index contributed by atoms with van der Waals surface area (Å²) >= 11 is 2.03. The van der Waals surface area contributed by atoms with E-state index in [2.05, 4.69) is 31.9 Å². The number of carbonyl (C=O) groups excluding carboxylic acids is 3. The lowest BCUT2D eigenvalue weighted by molar-refractivity contribution is -0.122. The molecule has 1 aromatic heterocycles. The molecule has 14 heteroatoms. The first-order valence-corrected chi connectivity index (χ1v) is 14.3. The van der Waals surface area contributed by atoms with Crippen molar-refractivity contribution in [2.24, 2.45) is 5.73 Å². The highest BCUT2D eigenvalue weighted by atomic mass is 127. The summed E-state index contributed by atoms with van der Waals surface area (Å²) in [5.41, 5.74) is 15.6. The fourth-order valence-electron chi connectivity index (χ4n) is 3.79. The SMILES string of the molecule is CN(C)CCNC(=O)c1ccc(NC(=O)CCCN2C=C(CCNC(=O)[C@@H](N)Cc3ccc(O)c(I)c3)[N-]N2)cn1. The molecule has 0 saturated carbocycles. The molecule has 1 aliphatic rings. The summed E-state index contributed by atoms with van der Waals surface area (Å²) in [6.07, 6.45) is 5.08. The van der Waals surface area contributed by atoms with E-state index in [4.69, 9.17) is 5.73 Å². The third-order valence-corrected chi connectivity index (χ3v) is 6.90. The molecule has 0 spiro atoms. The van der Waals surface area contributed by atoms with Gasteiger partial charge in [0.15, 0.2) is 0 Å². The van der Waals surface area contributed by atoms with Crippen LogP contribution in [0, 0.1) is 3.57 Å². The number of rotatable bonds is 15. The highest BCUT2D eigenvalue weighted by Gasteiger charge is 2.15. The minimum atomic E-state index is -0.697. The van der Waals surface area contributed by atoms with Gasteiger partial charge >= 0.3 is 0 Å². The number of phenolic OH excluding ortho intramolecular Hbond substituents is 1. The van der Waals surface area contributed by atoms with Crippen LogP contribution in [-0.2, 0) is 16.0 Å². The Balaban J connectivity index is 1.30. The van der Waals surface area contributed by atoms with Gasteiger partial charge in [-0.05, 0) is 92.0 Å². The number of hydrogen-bond donors (Lipinski definition) is 6. The molecule has 7 N–H and O–H groups in total. The van der Waals surface area contributed by atoms with Crippen molar-refractivity contribution in [3.8, 4) is 5.75 Å². The minimum absolute atomic E-state index is 0.156. The molecule has 2 aromatic rings. The van der Waals surface area contributed by atoms with Crippen molar-refractivity contribution in [2.45, 2.75) is 31.7 Å². The molecule has 13 nitrogen and oxygen atoms in total. The van der Waals surface area contributed by atoms with Crippen molar-refractivity contribution in [3.05, 3.63) is 68.7 Å². The van der Waals surface area contributed by atoms with Crippen LogP contribution in [0.1, 0.15) is 35.3 Å². The van der Waals surface area contributed by atoms with Gasteiger partial charge in [-0.2, -0.15) is 0 Å². The van der Waals surface area contributed by atoms with Crippen LogP contribution in [0.25, 0.3) is 5.43 Å². The lowest BCUT2D eigenvalue weighted by atomic mass is 10.1. The number of pyridine rings is 1. The Labute approximate surface area is 253 Å². The van der Waals surface area contributed by atoms with E-state index in [0.29, 0.717) is 60.3 Å². The van der Waals surface area contributed by atoms with Gasteiger partial charge in [0.25, 0.3) is 5.91 Å². The van der Waals surface area contributed by atoms with Gasteiger partial charge in [-0.15, -0.1) is 5.70 Å². The number of amides is 3. The van der Waals surface area contributed by atoms with Crippen LogP contribution in [0.4, 0.5) is 5.69 Å². The van der Waals surface area contributed by atoms with Crippen LogP contribution in [0.5, 0.6) is 5.75 Å². The predicted molar refractivity (Wildman–Crippen MR) is 164 cm³/mol. The van der Waals surface area contributed by atoms with E-state index in [0.717, 1.165) is 17.8 Å². The fourth-order valence-corrected chi connectivity index (χ4v) is 4.37.